The number of rotatable bonds is 5. The molecule has 2 nitrogen and oxygen atoms in total. The lowest BCUT2D eigenvalue weighted by Crippen LogP contribution is -2.55. The first-order chi connectivity index (χ1) is 13.7. The Hall–Kier alpha value is -0.0800. The Morgan fingerprint density at radius 3 is 2.34 bits per heavy atom. The summed E-state index contributed by atoms with van der Waals surface area (Å²) in [5.41, 5.74) is 0.637. The number of aliphatic hydroxyl groups is 2. The van der Waals surface area contributed by atoms with E-state index in [1.807, 2.05) is 0 Å². The Balaban J connectivity index is 1.25. The third-order valence-electron chi connectivity index (χ3n) is 11.4. The second-order valence-electron chi connectivity index (χ2n) is 13.0. The third kappa shape index (κ3) is 3.53. The molecule has 2 N–H and O–H groups in total. The molecule has 0 aromatic rings. The van der Waals surface area contributed by atoms with Crippen LogP contribution in [0.25, 0.3) is 0 Å². The highest BCUT2D eigenvalue weighted by atomic mass is 16.3. The normalized spacial score (nSPS) is 53.1. The van der Waals surface area contributed by atoms with Gasteiger partial charge in [-0.1, -0.05) is 20.3 Å². The van der Waals surface area contributed by atoms with Crippen LogP contribution in [-0.4, -0.2) is 21.9 Å². The highest BCUT2D eigenvalue weighted by molar-refractivity contribution is 5.10. The van der Waals surface area contributed by atoms with Crippen molar-refractivity contribution in [2.24, 2.45) is 46.3 Å². The molecule has 5 rings (SSSR count). The maximum absolute atomic E-state index is 10.7. The van der Waals surface area contributed by atoms with Crippen LogP contribution in [0.3, 0.4) is 0 Å². The van der Waals surface area contributed by atoms with Crippen LogP contribution in [0.2, 0.25) is 0 Å². The van der Waals surface area contributed by atoms with Crippen molar-refractivity contribution >= 4 is 0 Å². The SMILES string of the molecule is CC12CC[C@](C)(O)CC1CCC1C2CCC2(C)C1CC[C@@H]2CCCC(O)C1CC1. The topological polar surface area (TPSA) is 40.5 Å². The second-order valence-corrected chi connectivity index (χ2v) is 13.0. The molecule has 166 valence electrons. The summed E-state index contributed by atoms with van der Waals surface area (Å²) >= 11 is 0. The van der Waals surface area contributed by atoms with E-state index in [1.165, 1.54) is 70.6 Å². The van der Waals surface area contributed by atoms with E-state index in [-0.39, 0.29) is 6.10 Å². The summed E-state index contributed by atoms with van der Waals surface area (Å²) in [5, 5.41) is 21.0. The minimum absolute atomic E-state index is 0.00511. The minimum Gasteiger partial charge on any atom is -0.393 e. The van der Waals surface area contributed by atoms with Gasteiger partial charge in [0.2, 0.25) is 0 Å². The van der Waals surface area contributed by atoms with Crippen molar-refractivity contribution in [3.63, 3.8) is 0 Å². The molecule has 5 fully saturated rings. The Morgan fingerprint density at radius 2 is 1.59 bits per heavy atom. The molecule has 0 aromatic heterocycles. The number of aliphatic hydroxyl groups excluding tert-OH is 1. The molecule has 0 aliphatic heterocycles. The summed E-state index contributed by atoms with van der Waals surface area (Å²) in [6.45, 7) is 7.35. The molecule has 5 aliphatic carbocycles. The summed E-state index contributed by atoms with van der Waals surface area (Å²) in [6.07, 6.45) is 18.0. The predicted molar refractivity (Wildman–Crippen MR) is 118 cm³/mol. The Labute approximate surface area is 179 Å². The fourth-order valence-corrected chi connectivity index (χ4v) is 9.30. The zero-order chi connectivity index (χ0) is 20.4. The molecule has 9 atom stereocenters. The van der Waals surface area contributed by atoms with E-state index in [1.54, 1.807) is 0 Å². The maximum Gasteiger partial charge on any atom is 0.0622 e. The van der Waals surface area contributed by atoms with Crippen molar-refractivity contribution in [3.8, 4) is 0 Å². The summed E-state index contributed by atoms with van der Waals surface area (Å²) < 4.78 is 0. The van der Waals surface area contributed by atoms with E-state index >= 15 is 0 Å². The molecule has 0 spiro atoms. The molecule has 2 heteroatoms. The Bertz CT molecular complexity index is 610. The standard InChI is InChI=1S/C27H46O2/c1-25(29)15-16-27(3)20(17-25)9-11-21-22-12-10-19(26(22,2)14-13-23(21)27)5-4-6-24(28)18-7-8-18/h18-24,28-29H,4-17H2,1-3H3/t19-,20?,21?,22?,23?,24?,25-,26?,27?/m0/s1. The Kier molecular flexibility index (Phi) is 5.18. The minimum atomic E-state index is -0.413. The molecule has 0 radical (unpaired) electrons. The van der Waals surface area contributed by atoms with Gasteiger partial charge < -0.3 is 10.2 Å². The monoisotopic (exact) mass is 402 g/mol. The molecule has 0 amide bonds. The number of fused-ring (bicyclic) bond motifs is 5. The molecule has 5 saturated carbocycles. The van der Waals surface area contributed by atoms with Crippen LogP contribution in [0.15, 0.2) is 0 Å². The van der Waals surface area contributed by atoms with Crippen LogP contribution in [0.1, 0.15) is 111 Å². The number of hydrogen-bond donors (Lipinski definition) is 2. The van der Waals surface area contributed by atoms with E-state index < -0.39 is 5.60 Å². The lowest BCUT2D eigenvalue weighted by molar-refractivity contribution is -0.146. The van der Waals surface area contributed by atoms with Crippen LogP contribution in [-0.2, 0) is 0 Å². The first kappa shape index (κ1) is 20.8. The van der Waals surface area contributed by atoms with Gasteiger partial charge in [0.15, 0.2) is 0 Å². The van der Waals surface area contributed by atoms with Gasteiger partial charge in [0.25, 0.3) is 0 Å². The van der Waals surface area contributed by atoms with Crippen LogP contribution in [0.4, 0.5) is 0 Å². The quantitative estimate of drug-likeness (QED) is 0.563. The molecule has 7 unspecified atom stereocenters. The number of hydrogen-bond acceptors (Lipinski definition) is 2. The average Bonchev–Trinajstić information content (AvgIpc) is 3.46. The van der Waals surface area contributed by atoms with E-state index in [0.717, 1.165) is 48.9 Å². The van der Waals surface area contributed by atoms with Crippen LogP contribution in [0, 0.1) is 46.3 Å². The zero-order valence-corrected chi connectivity index (χ0v) is 19.3. The molecular formula is C27H46O2. The third-order valence-corrected chi connectivity index (χ3v) is 11.4. The van der Waals surface area contributed by atoms with E-state index in [9.17, 15) is 10.2 Å². The second kappa shape index (κ2) is 7.22. The lowest BCUT2D eigenvalue weighted by Gasteiger charge is -2.62. The summed E-state index contributed by atoms with van der Waals surface area (Å²) in [4.78, 5) is 0. The molecule has 29 heavy (non-hydrogen) atoms. The van der Waals surface area contributed by atoms with Crippen molar-refractivity contribution < 1.29 is 10.2 Å². The van der Waals surface area contributed by atoms with Crippen molar-refractivity contribution in [1.29, 1.82) is 0 Å². The smallest absolute Gasteiger partial charge is 0.0622 e. The highest BCUT2D eigenvalue weighted by Gasteiger charge is 2.60. The summed E-state index contributed by atoms with van der Waals surface area (Å²) in [5.74, 6) is 5.09. The first-order valence-corrected chi connectivity index (χ1v) is 13.1. The van der Waals surface area contributed by atoms with Crippen molar-refractivity contribution in [1.82, 2.24) is 0 Å². The van der Waals surface area contributed by atoms with Crippen molar-refractivity contribution in [3.05, 3.63) is 0 Å². The van der Waals surface area contributed by atoms with E-state index in [4.69, 9.17) is 0 Å². The van der Waals surface area contributed by atoms with Gasteiger partial charge in [-0.3, -0.25) is 0 Å². The molecule has 5 aliphatic rings. The van der Waals surface area contributed by atoms with Gasteiger partial charge in [-0.25, -0.2) is 0 Å². The van der Waals surface area contributed by atoms with Crippen molar-refractivity contribution in [2.45, 2.75) is 122 Å². The van der Waals surface area contributed by atoms with Gasteiger partial charge in [0.05, 0.1) is 11.7 Å². The molecule has 0 aromatic carbocycles. The van der Waals surface area contributed by atoms with E-state index in [0.29, 0.717) is 16.7 Å². The largest absolute Gasteiger partial charge is 0.393 e. The summed E-state index contributed by atoms with van der Waals surface area (Å²) in [6, 6.07) is 0. The van der Waals surface area contributed by atoms with Gasteiger partial charge in [-0.15, -0.1) is 0 Å². The molecular weight excluding hydrogens is 356 g/mol. The first-order valence-electron chi connectivity index (χ1n) is 13.1. The fraction of sp³-hybridized carbons (Fsp3) is 1.00. The lowest BCUT2D eigenvalue weighted by atomic mass is 9.44. The maximum atomic E-state index is 10.7. The van der Waals surface area contributed by atoms with Crippen LogP contribution < -0.4 is 0 Å². The molecule has 0 heterocycles. The average molecular weight is 403 g/mol. The van der Waals surface area contributed by atoms with Gasteiger partial charge in [0, 0.05) is 0 Å². The summed E-state index contributed by atoms with van der Waals surface area (Å²) in [7, 11) is 0. The van der Waals surface area contributed by atoms with Gasteiger partial charge >= 0.3 is 0 Å². The highest BCUT2D eigenvalue weighted by Crippen LogP contribution is 2.68. The van der Waals surface area contributed by atoms with E-state index in [2.05, 4.69) is 20.8 Å². The zero-order valence-electron chi connectivity index (χ0n) is 19.3. The van der Waals surface area contributed by atoms with Crippen molar-refractivity contribution in [2.75, 3.05) is 0 Å². The molecule has 0 saturated heterocycles. The predicted octanol–water partition coefficient (Wildman–Crippen LogP) is 6.34. The fourth-order valence-electron chi connectivity index (χ4n) is 9.30. The van der Waals surface area contributed by atoms with Crippen LogP contribution in [0.5, 0.6) is 0 Å². The Morgan fingerprint density at radius 1 is 0.828 bits per heavy atom. The van der Waals surface area contributed by atoms with Crippen LogP contribution >= 0.6 is 0 Å². The van der Waals surface area contributed by atoms with Gasteiger partial charge in [-0.2, -0.15) is 0 Å². The molecule has 0 bridgehead atoms. The van der Waals surface area contributed by atoms with Gasteiger partial charge in [0.1, 0.15) is 0 Å². The van der Waals surface area contributed by atoms with Gasteiger partial charge in [-0.05, 0) is 137 Å².